The number of amides is 1. The fourth-order valence-electron chi connectivity index (χ4n) is 3.61. The van der Waals surface area contributed by atoms with Crippen LogP contribution in [0.5, 0.6) is 17.2 Å². The van der Waals surface area contributed by atoms with Gasteiger partial charge in [0, 0.05) is 12.1 Å². The highest BCUT2D eigenvalue weighted by molar-refractivity contribution is 7.89. The molecule has 3 aromatic rings. The number of hydrogen-bond acceptors (Lipinski definition) is 6. The fraction of sp³-hybridized carbons (Fsp3) is 0.269. The minimum absolute atomic E-state index is 0.0412. The van der Waals surface area contributed by atoms with E-state index >= 15 is 0 Å². The average molecular weight is 499 g/mol. The Morgan fingerprint density at radius 3 is 2.11 bits per heavy atom. The summed E-state index contributed by atoms with van der Waals surface area (Å²) in [5.41, 5.74) is 1.48. The van der Waals surface area contributed by atoms with Crippen molar-refractivity contribution in [3.63, 3.8) is 0 Å². The van der Waals surface area contributed by atoms with Gasteiger partial charge < -0.3 is 19.5 Å². The van der Waals surface area contributed by atoms with Crippen molar-refractivity contribution < 1.29 is 27.4 Å². The van der Waals surface area contributed by atoms with Crippen LogP contribution in [0.2, 0.25) is 0 Å². The van der Waals surface area contributed by atoms with Crippen molar-refractivity contribution in [2.75, 3.05) is 27.9 Å². The molecule has 1 N–H and O–H groups in total. The van der Waals surface area contributed by atoms with Crippen LogP contribution in [0.25, 0.3) is 0 Å². The van der Waals surface area contributed by atoms with Gasteiger partial charge in [-0.1, -0.05) is 30.3 Å². The molecule has 3 aromatic carbocycles. The van der Waals surface area contributed by atoms with Crippen LogP contribution in [0, 0.1) is 0 Å². The minimum atomic E-state index is -3.97. The topological polar surface area (TPSA) is 94.2 Å². The van der Waals surface area contributed by atoms with E-state index in [0.29, 0.717) is 22.8 Å². The number of carbonyl (C=O) groups excluding carboxylic acids is 1. The molecule has 0 aliphatic carbocycles. The summed E-state index contributed by atoms with van der Waals surface area (Å²) in [6, 6.07) is 20.1. The van der Waals surface area contributed by atoms with Gasteiger partial charge in [0.15, 0.2) is 0 Å². The van der Waals surface area contributed by atoms with Gasteiger partial charge in [0.05, 0.1) is 38.8 Å². The maximum Gasteiger partial charge on any atom is 0.243 e. The first-order valence-corrected chi connectivity index (χ1v) is 12.4. The van der Waals surface area contributed by atoms with Gasteiger partial charge in [-0.3, -0.25) is 4.79 Å². The van der Waals surface area contributed by atoms with Crippen molar-refractivity contribution in [2.45, 2.75) is 24.4 Å². The first-order valence-electron chi connectivity index (χ1n) is 11.0. The zero-order chi connectivity index (χ0) is 25.4. The van der Waals surface area contributed by atoms with Crippen LogP contribution in [0.1, 0.15) is 24.1 Å². The van der Waals surface area contributed by atoms with E-state index in [1.165, 1.54) is 19.2 Å². The summed E-state index contributed by atoms with van der Waals surface area (Å²) in [7, 11) is 0.637. The van der Waals surface area contributed by atoms with E-state index in [9.17, 15) is 13.2 Å². The molecule has 186 valence electrons. The Morgan fingerprint density at radius 2 is 1.51 bits per heavy atom. The number of carbonyl (C=O) groups is 1. The van der Waals surface area contributed by atoms with E-state index in [1.807, 2.05) is 30.3 Å². The number of ether oxygens (including phenoxy) is 3. The van der Waals surface area contributed by atoms with Crippen LogP contribution in [0.3, 0.4) is 0 Å². The molecule has 0 saturated carbocycles. The molecule has 0 radical (unpaired) electrons. The van der Waals surface area contributed by atoms with Gasteiger partial charge in [-0.15, -0.1) is 0 Å². The van der Waals surface area contributed by atoms with Gasteiger partial charge in [-0.2, -0.15) is 4.31 Å². The molecule has 0 aliphatic rings. The van der Waals surface area contributed by atoms with Crippen LogP contribution in [-0.4, -0.2) is 46.5 Å². The summed E-state index contributed by atoms with van der Waals surface area (Å²) in [5, 5.41) is 2.88. The lowest BCUT2D eigenvalue weighted by Crippen LogP contribution is -2.41. The summed E-state index contributed by atoms with van der Waals surface area (Å²) in [5.74, 6) is 1.30. The zero-order valence-electron chi connectivity index (χ0n) is 20.2. The van der Waals surface area contributed by atoms with E-state index in [-0.39, 0.29) is 18.0 Å². The Labute approximate surface area is 206 Å². The van der Waals surface area contributed by atoms with Gasteiger partial charge in [-0.05, 0) is 55.0 Å². The number of nitrogens with zero attached hydrogens (tertiary/aromatic N) is 1. The van der Waals surface area contributed by atoms with E-state index in [1.54, 1.807) is 51.5 Å². The molecule has 0 heterocycles. The Bertz CT molecular complexity index is 1230. The molecule has 35 heavy (non-hydrogen) atoms. The number of hydrogen-bond donors (Lipinski definition) is 1. The van der Waals surface area contributed by atoms with Crippen LogP contribution >= 0.6 is 0 Å². The smallest absolute Gasteiger partial charge is 0.243 e. The predicted octanol–water partition coefficient (Wildman–Crippen LogP) is 3.78. The molecule has 0 aliphatic heterocycles. The second kappa shape index (κ2) is 11.7. The lowest BCUT2D eigenvalue weighted by Gasteiger charge is -2.24. The van der Waals surface area contributed by atoms with Crippen molar-refractivity contribution in [3.05, 3.63) is 83.9 Å². The highest BCUT2D eigenvalue weighted by atomic mass is 32.2. The monoisotopic (exact) mass is 498 g/mol. The van der Waals surface area contributed by atoms with Crippen molar-refractivity contribution >= 4 is 15.9 Å². The van der Waals surface area contributed by atoms with E-state index in [4.69, 9.17) is 14.2 Å². The third-order valence-electron chi connectivity index (χ3n) is 5.50. The largest absolute Gasteiger partial charge is 0.497 e. The molecule has 1 unspecified atom stereocenters. The summed E-state index contributed by atoms with van der Waals surface area (Å²) < 4.78 is 44.0. The number of benzene rings is 3. The molecule has 8 nitrogen and oxygen atoms in total. The minimum Gasteiger partial charge on any atom is -0.497 e. The van der Waals surface area contributed by atoms with Crippen LogP contribution in [0.15, 0.2) is 77.7 Å². The SMILES string of the molecule is COc1ccc(S(=O)(=O)N(CC(=O)NC(C)c2cc(OC)ccc2OC)Cc2ccccc2)cc1. The first kappa shape index (κ1) is 26.1. The molecule has 3 rings (SSSR count). The first-order chi connectivity index (χ1) is 16.8. The lowest BCUT2D eigenvalue weighted by atomic mass is 10.1. The van der Waals surface area contributed by atoms with E-state index < -0.39 is 22.0 Å². The third-order valence-corrected chi connectivity index (χ3v) is 7.31. The van der Waals surface area contributed by atoms with Crippen LogP contribution in [-0.2, 0) is 21.4 Å². The number of methoxy groups -OCH3 is 3. The quantitative estimate of drug-likeness (QED) is 0.432. The average Bonchev–Trinajstić information content (AvgIpc) is 2.88. The second-order valence-corrected chi connectivity index (χ2v) is 9.77. The summed E-state index contributed by atoms with van der Waals surface area (Å²) in [6.45, 7) is 1.48. The predicted molar refractivity (Wildman–Crippen MR) is 133 cm³/mol. The van der Waals surface area contributed by atoms with Gasteiger partial charge >= 0.3 is 0 Å². The molecule has 1 amide bonds. The van der Waals surface area contributed by atoms with Gasteiger partial charge in [0.25, 0.3) is 0 Å². The van der Waals surface area contributed by atoms with Gasteiger partial charge in [0.1, 0.15) is 17.2 Å². The molecule has 0 fully saturated rings. The van der Waals surface area contributed by atoms with Crippen molar-refractivity contribution in [1.29, 1.82) is 0 Å². The van der Waals surface area contributed by atoms with Crippen molar-refractivity contribution in [1.82, 2.24) is 9.62 Å². The van der Waals surface area contributed by atoms with E-state index in [0.717, 1.165) is 9.87 Å². The molecule has 0 bridgehead atoms. The Balaban J connectivity index is 1.85. The molecule has 0 spiro atoms. The second-order valence-electron chi connectivity index (χ2n) is 7.83. The maximum absolute atomic E-state index is 13.5. The van der Waals surface area contributed by atoms with E-state index in [2.05, 4.69) is 5.32 Å². The zero-order valence-corrected chi connectivity index (χ0v) is 21.0. The van der Waals surface area contributed by atoms with Crippen molar-refractivity contribution in [3.8, 4) is 17.2 Å². The molecular weight excluding hydrogens is 468 g/mol. The van der Waals surface area contributed by atoms with Crippen LogP contribution < -0.4 is 19.5 Å². The fourth-order valence-corrected chi connectivity index (χ4v) is 5.00. The lowest BCUT2D eigenvalue weighted by molar-refractivity contribution is -0.122. The van der Waals surface area contributed by atoms with Gasteiger partial charge in [-0.25, -0.2) is 8.42 Å². The number of rotatable bonds is 11. The number of sulfonamides is 1. The van der Waals surface area contributed by atoms with Crippen LogP contribution in [0.4, 0.5) is 0 Å². The summed E-state index contributed by atoms with van der Waals surface area (Å²) in [6.07, 6.45) is 0. The molecule has 9 heteroatoms. The Hall–Kier alpha value is -3.56. The molecule has 1 atom stereocenters. The molecule has 0 saturated heterocycles. The third kappa shape index (κ3) is 6.52. The molecule has 0 aromatic heterocycles. The Kier molecular flexibility index (Phi) is 8.73. The van der Waals surface area contributed by atoms with Gasteiger partial charge in [0.2, 0.25) is 15.9 Å². The Morgan fingerprint density at radius 1 is 0.886 bits per heavy atom. The van der Waals surface area contributed by atoms with Crippen molar-refractivity contribution in [2.24, 2.45) is 0 Å². The standard InChI is InChI=1S/C26H30N2O6S/c1-19(24-16-22(33-3)12-15-25(24)34-4)27-26(29)18-28(17-20-8-6-5-7-9-20)35(30,31)23-13-10-21(32-2)11-14-23/h5-16,19H,17-18H2,1-4H3,(H,27,29). The highest BCUT2D eigenvalue weighted by Gasteiger charge is 2.28. The highest BCUT2D eigenvalue weighted by Crippen LogP contribution is 2.29. The molecular formula is C26H30N2O6S. The summed E-state index contributed by atoms with van der Waals surface area (Å²) in [4.78, 5) is 13.1. The normalized spacial score (nSPS) is 12.1. The maximum atomic E-state index is 13.5. The summed E-state index contributed by atoms with van der Waals surface area (Å²) >= 11 is 0. The number of nitrogens with one attached hydrogen (secondary N) is 1.